The highest BCUT2D eigenvalue weighted by atomic mass is 16.5. The zero-order chi connectivity index (χ0) is 20.9. The van der Waals surface area contributed by atoms with Crippen LogP contribution in [0.2, 0.25) is 0 Å². The summed E-state index contributed by atoms with van der Waals surface area (Å²) in [4.78, 5) is 14.6. The SMILES string of the molecule is COc1nc2c(c(N3CC4CCC(C3)N4)n1)CCN(c1cccc3cccc(C)c13)C2. The smallest absolute Gasteiger partial charge is 0.318 e. The average molecular weight is 416 g/mol. The molecule has 2 saturated heterocycles. The molecule has 3 aliphatic rings. The highest BCUT2D eigenvalue weighted by Crippen LogP contribution is 2.36. The number of aromatic nitrogens is 2. The maximum Gasteiger partial charge on any atom is 0.318 e. The molecule has 0 amide bonds. The zero-order valence-electron chi connectivity index (χ0n) is 18.3. The lowest BCUT2D eigenvalue weighted by molar-refractivity contribution is 0.374. The van der Waals surface area contributed by atoms with E-state index in [0.29, 0.717) is 18.1 Å². The largest absolute Gasteiger partial charge is 0.467 e. The van der Waals surface area contributed by atoms with E-state index in [1.54, 1.807) is 7.11 Å². The summed E-state index contributed by atoms with van der Waals surface area (Å²) in [5, 5.41) is 6.36. The summed E-state index contributed by atoms with van der Waals surface area (Å²) < 4.78 is 5.53. The maximum atomic E-state index is 5.53. The summed E-state index contributed by atoms with van der Waals surface area (Å²) >= 11 is 0. The first-order valence-corrected chi connectivity index (χ1v) is 11.4. The van der Waals surface area contributed by atoms with Gasteiger partial charge in [-0.1, -0.05) is 30.3 Å². The number of hydrogen-bond acceptors (Lipinski definition) is 6. The van der Waals surface area contributed by atoms with E-state index >= 15 is 0 Å². The fraction of sp³-hybridized carbons (Fsp3) is 0.440. The molecule has 4 heterocycles. The second-order valence-corrected chi connectivity index (χ2v) is 9.12. The van der Waals surface area contributed by atoms with E-state index in [0.717, 1.165) is 44.1 Å². The number of nitrogens with zero attached hydrogens (tertiary/aromatic N) is 4. The van der Waals surface area contributed by atoms with Crippen molar-refractivity contribution in [3.63, 3.8) is 0 Å². The summed E-state index contributed by atoms with van der Waals surface area (Å²) in [5.74, 6) is 1.09. The molecule has 3 aromatic rings. The third-order valence-corrected chi connectivity index (χ3v) is 7.15. The first-order valence-electron chi connectivity index (χ1n) is 11.4. The van der Waals surface area contributed by atoms with Crippen molar-refractivity contribution in [2.45, 2.75) is 44.8 Å². The molecule has 1 aromatic heterocycles. The number of anilines is 2. The molecule has 2 atom stereocenters. The van der Waals surface area contributed by atoms with Crippen molar-refractivity contribution >= 4 is 22.3 Å². The molecule has 2 aromatic carbocycles. The Morgan fingerprint density at radius 3 is 2.55 bits per heavy atom. The van der Waals surface area contributed by atoms with Crippen molar-refractivity contribution in [2.75, 3.05) is 36.5 Å². The van der Waals surface area contributed by atoms with Gasteiger partial charge in [-0.2, -0.15) is 9.97 Å². The van der Waals surface area contributed by atoms with Crippen molar-refractivity contribution in [2.24, 2.45) is 0 Å². The normalized spacial score (nSPS) is 22.6. The fourth-order valence-electron chi connectivity index (χ4n) is 5.69. The topological polar surface area (TPSA) is 53.5 Å². The fourth-order valence-corrected chi connectivity index (χ4v) is 5.69. The third-order valence-electron chi connectivity index (χ3n) is 7.15. The standard InChI is InChI=1S/C25H29N5O/c1-16-5-3-6-17-7-4-8-22(23(16)17)29-12-11-20-21(15-29)27-25(31-2)28-24(20)30-13-18-9-10-19(14-30)26-18/h3-8,18-19,26H,9-15H2,1-2H3. The van der Waals surface area contributed by atoms with E-state index in [1.807, 2.05) is 0 Å². The van der Waals surface area contributed by atoms with Crippen molar-refractivity contribution in [1.29, 1.82) is 0 Å². The van der Waals surface area contributed by atoms with Gasteiger partial charge >= 0.3 is 6.01 Å². The van der Waals surface area contributed by atoms with E-state index in [2.05, 4.69) is 58.4 Å². The van der Waals surface area contributed by atoms with Gasteiger partial charge in [0.05, 0.1) is 19.3 Å². The van der Waals surface area contributed by atoms with Gasteiger partial charge in [0.2, 0.25) is 0 Å². The Labute approximate surface area is 183 Å². The van der Waals surface area contributed by atoms with Crippen molar-refractivity contribution in [3.05, 3.63) is 53.2 Å². The summed E-state index contributed by atoms with van der Waals surface area (Å²) in [5.41, 5.74) is 5.01. The van der Waals surface area contributed by atoms with E-state index in [4.69, 9.17) is 14.7 Å². The Hall–Kier alpha value is -2.86. The van der Waals surface area contributed by atoms with Crippen LogP contribution in [0.4, 0.5) is 11.5 Å². The van der Waals surface area contributed by atoms with Crippen LogP contribution < -0.4 is 19.9 Å². The third kappa shape index (κ3) is 3.21. The van der Waals surface area contributed by atoms with Gasteiger partial charge < -0.3 is 19.9 Å². The highest BCUT2D eigenvalue weighted by molar-refractivity contribution is 5.97. The molecule has 2 bridgehead atoms. The Balaban J connectivity index is 1.38. The number of ether oxygens (including phenoxy) is 1. The molecule has 31 heavy (non-hydrogen) atoms. The quantitative estimate of drug-likeness (QED) is 0.707. The average Bonchev–Trinajstić information content (AvgIpc) is 3.15. The van der Waals surface area contributed by atoms with Crippen LogP contribution in [0.5, 0.6) is 6.01 Å². The first kappa shape index (κ1) is 18.9. The van der Waals surface area contributed by atoms with E-state index in [1.165, 1.54) is 40.4 Å². The van der Waals surface area contributed by atoms with Crippen LogP contribution in [0.3, 0.4) is 0 Å². The molecule has 0 spiro atoms. The van der Waals surface area contributed by atoms with Gasteiger partial charge in [-0.15, -0.1) is 0 Å². The van der Waals surface area contributed by atoms with Crippen LogP contribution in [0.1, 0.15) is 29.7 Å². The number of fused-ring (bicyclic) bond motifs is 4. The number of aryl methyl sites for hydroxylation is 1. The first-order chi connectivity index (χ1) is 15.2. The predicted molar refractivity (Wildman–Crippen MR) is 124 cm³/mol. The van der Waals surface area contributed by atoms with Crippen LogP contribution in [0.25, 0.3) is 10.8 Å². The summed E-state index contributed by atoms with van der Waals surface area (Å²) in [6.07, 6.45) is 3.48. The molecule has 160 valence electrons. The molecule has 2 fully saturated rings. The maximum absolute atomic E-state index is 5.53. The molecule has 6 nitrogen and oxygen atoms in total. The number of nitrogens with one attached hydrogen (secondary N) is 1. The predicted octanol–water partition coefficient (Wildman–Crippen LogP) is 3.45. The molecule has 3 aliphatic heterocycles. The van der Waals surface area contributed by atoms with Gasteiger partial charge in [0.15, 0.2) is 0 Å². The van der Waals surface area contributed by atoms with Gasteiger partial charge in [0, 0.05) is 48.4 Å². The Morgan fingerprint density at radius 2 is 1.77 bits per heavy atom. The Bertz CT molecular complexity index is 1130. The van der Waals surface area contributed by atoms with E-state index in [9.17, 15) is 0 Å². The van der Waals surface area contributed by atoms with Gasteiger partial charge in [0.25, 0.3) is 0 Å². The van der Waals surface area contributed by atoms with Gasteiger partial charge in [-0.3, -0.25) is 0 Å². The summed E-state index contributed by atoms with van der Waals surface area (Å²) in [6, 6.07) is 14.8. The summed E-state index contributed by atoms with van der Waals surface area (Å²) in [6.45, 7) is 6.01. The van der Waals surface area contributed by atoms with Crippen molar-refractivity contribution in [3.8, 4) is 6.01 Å². The molecular formula is C25H29N5O. The molecular weight excluding hydrogens is 386 g/mol. The minimum Gasteiger partial charge on any atom is -0.467 e. The molecule has 6 heteroatoms. The van der Waals surface area contributed by atoms with Crippen molar-refractivity contribution in [1.82, 2.24) is 15.3 Å². The van der Waals surface area contributed by atoms with Gasteiger partial charge in [-0.25, -0.2) is 0 Å². The van der Waals surface area contributed by atoms with Gasteiger partial charge in [0.1, 0.15) is 5.82 Å². The molecule has 0 radical (unpaired) electrons. The molecule has 0 aliphatic carbocycles. The highest BCUT2D eigenvalue weighted by Gasteiger charge is 2.35. The minimum atomic E-state index is 0.482. The molecule has 1 N–H and O–H groups in total. The minimum absolute atomic E-state index is 0.482. The number of rotatable bonds is 3. The van der Waals surface area contributed by atoms with E-state index in [-0.39, 0.29) is 0 Å². The number of hydrogen-bond donors (Lipinski definition) is 1. The van der Waals surface area contributed by atoms with Crippen LogP contribution in [-0.2, 0) is 13.0 Å². The lowest BCUT2D eigenvalue weighted by Crippen LogP contribution is -2.52. The lowest BCUT2D eigenvalue weighted by Gasteiger charge is -2.37. The Kier molecular flexibility index (Phi) is 4.49. The molecule has 2 unspecified atom stereocenters. The lowest BCUT2D eigenvalue weighted by atomic mass is 9.99. The number of benzene rings is 2. The molecule has 6 rings (SSSR count). The number of methoxy groups -OCH3 is 1. The zero-order valence-corrected chi connectivity index (χ0v) is 18.3. The van der Waals surface area contributed by atoms with Crippen LogP contribution in [-0.4, -0.2) is 48.8 Å². The molecule has 0 saturated carbocycles. The second-order valence-electron chi connectivity index (χ2n) is 9.12. The monoisotopic (exact) mass is 415 g/mol. The van der Waals surface area contributed by atoms with Gasteiger partial charge in [-0.05, 0) is 43.2 Å². The second kappa shape index (κ2) is 7.38. The number of piperazine rings is 1. The van der Waals surface area contributed by atoms with Crippen LogP contribution in [0, 0.1) is 6.92 Å². The summed E-state index contributed by atoms with van der Waals surface area (Å²) in [7, 11) is 1.67. The van der Waals surface area contributed by atoms with Crippen molar-refractivity contribution < 1.29 is 4.74 Å². The van der Waals surface area contributed by atoms with E-state index < -0.39 is 0 Å². The van der Waals surface area contributed by atoms with Crippen LogP contribution in [0.15, 0.2) is 36.4 Å². The Morgan fingerprint density at radius 1 is 1.00 bits per heavy atom. The van der Waals surface area contributed by atoms with Crippen LogP contribution >= 0.6 is 0 Å².